The molecule has 5 nitrogen and oxygen atoms in total. The Morgan fingerprint density at radius 1 is 1.07 bits per heavy atom. The topological polar surface area (TPSA) is 65.0 Å². The fourth-order valence-corrected chi connectivity index (χ4v) is 5.14. The van der Waals surface area contributed by atoms with Crippen LogP contribution in [0, 0.1) is 5.92 Å². The maximum absolute atomic E-state index is 13.4. The highest BCUT2D eigenvalue weighted by atomic mass is 16.5. The molecule has 1 aliphatic heterocycles. The van der Waals surface area contributed by atoms with E-state index in [0.717, 1.165) is 55.5 Å². The van der Waals surface area contributed by atoms with Crippen LogP contribution in [-0.2, 0) is 14.3 Å². The number of benzene rings is 1. The molecule has 1 aromatic rings. The van der Waals surface area contributed by atoms with Crippen LogP contribution in [0.2, 0.25) is 0 Å². The summed E-state index contributed by atoms with van der Waals surface area (Å²) in [7, 11) is 0. The first kappa shape index (κ1) is 20.8. The molecule has 0 bridgehead atoms. The van der Waals surface area contributed by atoms with Crippen LogP contribution < -0.4 is 4.74 Å². The lowest BCUT2D eigenvalue weighted by molar-refractivity contribution is -0.146. The summed E-state index contributed by atoms with van der Waals surface area (Å²) in [6.45, 7) is 4.33. The summed E-state index contributed by atoms with van der Waals surface area (Å²) in [6, 6.07) is 7.75. The minimum atomic E-state index is -0.405. The molecule has 30 heavy (non-hydrogen) atoms. The van der Waals surface area contributed by atoms with Gasteiger partial charge in [-0.3, -0.25) is 9.79 Å². The number of allylic oxidation sites excluding steroid dienone is 1. The lowest BCUT2D eigenvalue weighted by Crippen LogP contribution is -2.39. The Hall–Kier alpha value is -2.43. The molecule has 0 N–H and O–H groups in total. The van der Waals surface area contributed by atoms with Gasteiger partial charge in [0.2, 0.25) is 0 Å². The normalized spacial score (nSPS) is 24.9. The van der Waals surface area contributed by atoms with E-state index >= 15 is 0 Å². The number of fused-ring (bicyclic) bond motifs is 1. The fourth-order valence-electron chi connectivity index (χ4n) is 5.14. The number of ether oxygens (including phenoxy) is 2. The molecule has 2 fully saturated rings. The molecule has 160 valence electrons. The molecule has 0 saturated heterocycles. The number of Topliss-reactive ketones (excluding diaryl/α,β-unsaturated/α-hetero) is 1. The van der Waals surface area contributed by atoms with Crippen molar-refractivity contribution in [2.24, 2.45) is 10.9 Å². The van der Waals surface area contributed by atoms with Crippen LogP contribution in [0.5, 0.6) is 5.75 Å². The molecule has 2 atom stereocenters. The van der Waals surface area contributed by atoms with Crippen molar-refractivity contribution in [2.45, 2.75) is 77.2 Å². The van der Waals surface area contributed by atoms with Gasteiger partial charge in [0.25, 0.3) is 0 Å². The van der Waals surface area contributed by atoms with Crippen molar-refractivity contribution in [1.29, 1.82) is 0 Å². The molecule has 0 radical (unpaired) electrons. The van der Waals surface area contributed by atoms with Crippen LogP contribution in [-0.4, -0.2) is 30.2 Å². The number of carbonyl (C=O) groups is 2. The van der Waals surface area contributed by atoms with Gasteiger partial charge >= 0.3 is 5.97 Å². The first-order chi connectivity index (χ1) is 14.6. The number of esters is 1. The second kappa shape index (κ2) is 9.15. The van der Waals surface area contributed by atoms with Crippen LogP contribution in [0.3, 0.4) is 0 Å². The van der Waals surface area contributed by atoms with Gasteiger partial charge in [0.05, 0.1) is 18.1 Å². The lowest BCUT2D eigenvalue weighted by Gasteiger charge is -2.36. The average molecular weight is 410 g/mol. The average Bonchev–Trinajstić information content (AvgIpc) is 2.74. The van der Waals surface area contributed by atoms with Crippen LogP contribution in [0.25, 0.3) is 0 Å². The summed E-state index contributed by atoms with van der Waals surface area (Å²) in [5, 5.41) is 0. The molecule has 1 unspecified atom stereocenters. The van der Waals surface area contributed by atoms with E-state index in [1.54, 1.807) is 0 Å². The number of nitrogens with zero attached hydrogens (tertiary/aromatic N) is 1. The molecule has 0 spiro atoms. The third-order valence-electron chi connectivity index (χ3n) is 6.51. The number of hydrogen-bond donors (Lipinski definition) is 0. The summed E-state index contributed by atoms with van der Waals surface area (Å²) >= 11 is 0. The van der Waals surface area contributed by atoms with E-state index in [9.17, 15) is 9.59 Å². The van der Waals surface area contributed by atoms with Gasteiger partial charge in [0.1, 0.15) is 17.6 Å². The Bertz CT molecular complexity index is 879. The van der Waals surface area contributed by atoms with Crippen LogP contribution in [0.15, 0.2) is 40.5 Å². The number of hydrogen-bond acceptors (Lipinski definition) is 5. The summed E-state index contributed by atoms with van der Waals surface area (Å²) in [5.41, 5.74) is 2.97. The Morgan fingerprint density at radius 2 is 1.83 bits per heavy atom. The standard InChI is InChI=1S/C25H31NO4/c1-3-29-21-15-8-7-12-18(21)23-22(25(28)30-17-10-5-4-6-11-17)16(2)26-19-13-9-14-20(27)24(19)23/h7-8,12,15,17,23-24H,3-6,9-11,13-14H2,1-2H3/t23-,24?/m1/s1. The molecule has 4 rings (SSSR count). The Morgan fingerprint density at radius 3 is 2.60 bits per heavy atom. The van der Waals surface area contributed by atoms with Crippen molar-refractivity contribution < 1.29 is 19.1 Å². The van der Waals surface area contributed by atoms with E-state index in [2.05, 4.69) is 0 Å². The Kier molecular flexibility index (Phi) is 6.35. The largest absolute Gasteiger partial charge is 0.494 e. The van der Waals surface area contributed by atoms with E-state index in [1.807, 2.05) is 38.1 Å². The van der Waals surface area contributed by atoms with E-state index in [-0.39, 0.29) is 17.9 Å². The number of rotatable bonds is 5. The van der Waals surface area contributed by atoms with Gasteiger partial charge in [-0.05, 0) is 58.4 Å². The van der Waals surface area contributed by atoms with E-state index in [4.69, 9.17) is 14.5 Å². The first-order valence-electron chi connectivity index (χ1n) is 11.3. The quantitative estimate of drug-likeness (QED) is 0.632. The van der Waals surface area contributed by atoms with Gasteiger partial charge in [-0.1, -0.05) is 24.6 Å². The van der Waals surface area contributed by atoms with Crippen LogP contribution in [0.4, 0.5) is 0 Å². The van der Waals surface area contributed by atoms with Crippen molar-refractivity contribution >= 4 is 17.5 Å². The molecular formula is C25H31NO4. The molecule has 5 heteroatoms. The van der Waals surface area contributed by atoms with Gasteiger partial charge < -0.3 is 9.47 Å². The minimum Gasteiger partial charge on any atom is -0.494 e. The number of carbonyl (C=O) groups excluding carboxylic acids is 2. The summed E-state index contributed by atoms with van der Waals surface area (Å²) in [4.78, 5) is 31.2. The number of para-hydroxylation sites is 1. The van der Waals surface area contributed by atoms with Crippen molar-refractivity contribution in [2.75, 3.05) is 6.61 Å². The van der Waals surface area contributed by atoms with Crippen molar-refractivity contribution in [3.05, 3.63) is 41.1 Å². The SMILES string of the molecule is CCOc1ccccc1[C@@H]1C(C(=O)OC2CCCCC2)=C(C)N=C2CCCC(=O)C21. The molecule has 2 aliphatic carbocycles. The molecular weight excluding hydrogens is 378 g/mol. The predicted octanol–water partition coefficient (Wildman–Crippen LogP) is 5.14. The van der Waals surface area contributed by atoms with Gasteiger partial charge in [-0.2, -0.15) is 0 Å². The van der Waals surface area contributed by atoms with Gasteiger partial charge in [0.15, 0.2) is 0 Å². The monoisotopic (exact) mass is 409 g/mol. The molecule has 1 aromatic carbocycles. The second-order valence-corrected chi connectivity index (χ2v) is 8.51. The van der Waals surface area contributed by atoms with Gasteiger partial charge in [-0.15, -0.1) is 0 Å². The van der Waals surface area contributed by atoms with E-state index in [1.165, 1.54) is 6.42 Å². The summed E-state index contributed by atoms with van der Waals surface area (Å²) in [6.07, 6.45) is 7.32. The third kappa shape index (κ3) is 4.07. The van der Waals surface area contributed by atoms with Crippen molar-refractivity contribution in [1.82, 2.24) is 0 Å². The number of ketones is 1. The minimum absolute atomic E-state index is 0.0400. The Balaban J connectivity index is 1.77. The highest BCUT2D eigenvalue weighted by Crippen LogP contribution is 2.46. The van der Waals surface area contributed by atoms with Gasteiger partial charge in [0, 0.05) is 29.3 Å². The van der Waals surface area contributed by atoms with E-state index in [0.29, 0.717) is 24.3 Å². The zero-order chi connectivity index (χ0) is 21.1. The molecule has 3 aliphatic rings. The number of aliphatic imine (C=N–C) groups is 1. The Labute approximate surface area is 178 Å². The van der Waals surface area contributed by atoms with E-state index < -0.39 is 11.8 Å². The lowest BCUT2D eigenvalue weighted by atomic mass is 9.69. The second-order valence-electron chi connectivity index (χ2n) is 8.51. The zero-order valence-electron chi connectivity index (χ0n) is 18.0. The fraction of sp³-hybridized carbons (Fsp3) is 0.560. The van der Waals surface area contributed by atoms with Crippen molar-refractivity contribution in [3.8, 4) is 5.75 Å². The zero-order valence-corrected chi connectivity index (χ0v) is 18.0. The first-order valence-corrected chi connectivity index (χ1v) is 11.3. The maximum Gasteiger partial charge on any atom is 0.336 e. The molecule has 0 amide bonds. The molecule has 0 aromatic heterocycles. The molecule has 1 heterocycles. The highest BCUT2D eigenvalue weighted by molar-refractivity contribution is 6.11. The highest BCUT2D eigenvalue weighted by Gasteiger charge is 2.45. The smallest absolute Gasteiger partial charge is 0.336 e. The van der Waals surface area contributed by atoms with Crippen molar-refractivity contribution in [3.63, 3.8) is 0 Å². The predicted molar refractivity (Wildman–Crippen MR) is 116 cm³/mol. The van der Waals surface area contributed by atoms with Crippen LogP contribution in [0.1, 0.15) is 76.7 Å². The van der Waals surface area contributed by atoms with Gasteiger partial charge in [-0.25, -0.2) is 4.79 Å². The third-order valence-corrected chi connectivity index (χ3v) is 6.51. The summed E-state index contributed by atoms with van der Waals surface area (Å²) < 4.78 is 11.8. The maximum atomic E-state index is 13.4. The van der Waals surface area contributed by atoms with Crippen LogP contribution >= 0.6 is 0 Å². The summed E-state index contributed by atoms with van der Waals surface area (Å²) in [5.74, 6) is -0.244. The molecule has 2 saturated carbocycles.